The Morgan fingerprint density at radius 1 is 1.41 bits per heavy atom. The lowest BCUT2D eigenvalue weighted by atomic mass is 9.88. The van der Waals surface area contributed by atoms with E-state index in [0.717, 1.165) is 19.3 Å². The Kier molecular flexibility index (Phi) is 5.41. The summed E-state index contributed by atoms with van der Waals surface area (Å²) in [5.74, 6) is 1.09. The summed E-state index contributed by atoms with van der Waals surface area (Å²) in [6, 6.07) is 0.486. The molecule has 1 N–H and O–H groups in total. The molecule has 4 nitrogen and oxygen atoms in total. The topological polar surface area (TPSA) is 49.4 Å². The van der Waals surface area contributed by atoms with Crippen LogP contribution in [0.5, 0.6) is 0 Å². The van der Waals surface area contributed by atoms with Gasteiger partial charge in [0.1, 0.15) is 0 Å². The van der Waals surface area contributed by atoms with Crippen LogP contribution in [0.4, 0.5) is 0 Å². The Labute approximate surface area is 106 Å². The van der Waals surface area contributed by atoms with E-state index in [1.54, 1.807) is 4.31 Å². The molecule has 0 spiro atoms. The number of hydrogen-bond acceptors (Lipinski definition) is 3. The standard InChI is InChI=1S/C12H26N2O2S/c1-10(2)12(13-3)8-11-6-5-7-14(9-11)17(4,15)16/h10-13H,5-9H2,1-4H3. The highest BCUT2D eigenvalue weighted by Gasteiger charge is 2.27. The molecule has 0 aromatic heterocycles. The molecule has 0 amide bonds. The first-order valence-corrected chi connectivity index (χ1v) is 8.31. The molecular weight excluding hydrogens is 236 g/mol. The van der Waals surface area contributed by atoms with Crippen molar-refractivity contribution in [2.75, 3.05) is 26.4 Å². The van der Waals surface area contributed by atoms with E-state index < -0.39 is 10.0 Å². The van der Waals surface area contributed by atoms with E-state index in [4.69, 9.17) is 0 Å². The van der Waals surface area contributed by atoms with Crippen molar-refractivity contribution >= 4 is 10.0 Å². The molecule has 0 aromatic carbocycles. The third-order valence-electron chi connectivity index (χ3n) is 3.71. The van der Waals surface area contributed by atoms with Crippen molar-refractivity contribution in [3.63, 3.8) is 0 Å². The SMILES string of the molecule is CNC(CC1CCCN(S(C)(=O)=O)C1)C(C)C. The summed E-state index contributed by atoms with van der Waals surface area (Å²) in [6.07, 6.45) is 4.52. The van der Waals surface area contributed by atoms with Crippen molar-refractivity contribution < 1.29 is 8.42 Å². The first-order valence-electron chi connectivity index (χ1n) is 6.47. The fourth-order valence-electron chi connectivity index (χ4n) is 2.60. The second-order valence-corrected chi connectivity index (χ2v) is 7.49. The number of nitrogens with zero attached hydrogens (tertiary/aromatic N) is 1. The number of rotatable bonds is 5. The smallest absolute Gasteiger partial charge is 0.211 e. The fourth-order valence-corrected chi connectivity index (χ4v) is 3.55. The van der Waals surface area contributed by atoms with Crippen LogP contribution < -0.4 is 5.32 Å². The molecule has 1 fully saturated rings. The quantitative estimate of drug-likeness (QED) is 0.812. The lowest BCUT2D eigenvalue weighted by molar-refractivity contribution is 0.225. The Balaban J connectivity index is 2.55. The highest BCUT2D eigenvalue weighted by atomic mass is 32.2. The van der Waals surface area contributed by atoms with Gasteiger partial charge in [-0.3, -0.25) is 0 Å². The predicted molar refractivity (Wildman–Crippen MR) is 71.4 cm³/mol. The van der Waals surface area contributed by atoms with Crippen LogP contribution in [0.2, 0.25) is 0 Å². The van der Waals surface area contributed by atoms with Crippen molar-refractivity contribution in [1.82, 2.24) is 9.62 Å². The number of nitrogens with one attached hydrogen (secondary N) is 1. The van der Waals surface area contributed by atoms with Gasteiger partial charge in [-0.05, 0) is 38.1 Å². The highest BCUT2D eigenvalue weighted by Crippen LogP contribution is 2.24. The van der Waals surface area contributed by atoms with E-state index in [-0.39, 0.29) is 0 Å². The van der Waals surface area contributed by atoms with Crippen molar-refractivity contribution in [3.8, 4) is 0 Å². The monoisotopic (exact) mass is 262 g/mol. The van der Waals surface area contributed by atoms with Crippen molar-refractivity contribution in [1.29, 1.82) is 0 Å². The molecule has 102 valence electrons. The summed E-state index contributed by atoms with van der Waals surface area (Å²) in [7, 11) is -1.02. The van der Waals surface area contributed by atoms with Gasteiger partial charge in [-0.1, -0.05) is 13.8 Å². The Hall–Kier alpha value is -0.130. The zero-order valence-corrected chi connectivity index (χ0v) is 12.3. The highest BCUT2D eigenvalue weighted by molar-refractivity contribution is 7.88. The van der Waals surface area contributed by atoms with Crippen LogP contribution in [0.25, 0.3) is 0 Å². The molecule has 0 bridgehead atoms. The summed E-state index contributed by atoms with van der Waals surface area (Å²) < 4.78 is 24.7. The van der Waals surface area contributed by atoms with Crippen LogP contribution in [0, 0.1) is 11.8 Å². The molecule has 1 saturated heterocycles. The molecule has 0 aromatic rings. The maximum Gasteiger partial charge on any atom is 0.211 e. The lowest BCUT2D eigenvalue weighted by Gasteiger charge is -2.33. The van der Waals surface area contributed by atoms with Crippen LogP contribution in [-0.4, -0.2) is 45.2 Å². The van der Waals surface area contributed by atoms with E-state index in [1.807, 2.05) is 7.05 Å². The summed E-state index contributed by atoms with van der Waals surface area (Å²) >= 11 is 0. The lowest BCUT2D eigenvalue weighted by Crippen LogP contribution is -2.42. The molecule has 2 unspecified atom stereocenters. The zero-order valence-electron chi connectivity index (χ0n) is 11.4. The average Bonchev–Trinajstić information content (AvgIpc) is 2.24. The minimum atomic E-state index is -3.01. The molecule has 0 saturated carbocycles. The molecule has 2 atom stereocenters. The molecule has 1 rings (SSSR count). The summed E-state index contributed by atoms with van der Waals surface area (Å²) in [5, 5.41) is 3.33. The third-order valence-corrected chi connectivity index (χ3v) is 4.98. The maximum absolute atomic E-state index is 11.5. The molecular formula is C12H26N2O2S. The number of sulfonamides is 1. The molecule has 5 heteroatoms. The van der Waals surface area contributed by atoms with Crippen LogP contribution in [0.1, 0.15) is 33.1 Å². The van der Waals surface area contributed by atoms with E-state index in [9.17, 15) is 8.42 Å². The normalized spacial score (nSPS) is 25.1. The second-order valence-electron chi connectivity index (χ2n) is 5.50. The van der Waals surface area contributed by atoms with E-state index >= 15 is 0 Å². The van der Waals surface area contributed by atoms with Gasteiger partial charge in [-0.25, -0.2) is 12.7 Å². The van der Waals surface area contributed by atoms with Crippen molar-refractivity contribution in [2.45, 2.75) is 39.2 Å². The third kappa shape index (κ3) is 4.56. The molecule has 0 radical (unpaired) electrons. The molecule has 1 heterocycles. The molecule has 1 aliphatic heterocycles. The minimum absolute atomic E-state index is 0.486. The molecule has 17 heavy (non-hydrogen) atoms. The Bertz CT molecular complexity index is 327. The summed E-state index contributed by atoms with van der Waals surface area (Å²) in [6.45, 7) is 5.81. The van der Waals surface area contributed by atoms with Crippen LogP contribution in [-0.2, 0) is 10.0 Å². The predicted octanol–water partition coefficient (Wildman–Crippen LogP) is 1.29. The van der Waals surface area contributed by atoms with Gasteiger partial charge in [0, 0.05) is 19.1 Å². The van der Waals surface area contributed by atoms with Gasteiger partial charge in [-0.15, -0.1) is 0 Å². The minimum Gasteiger partial charge on any atom is -0.317 e. The van der Waals surface area contributed by atoms with E-state index in [1.165, 1.54) is 6.26 Å². The molecule has 1 aliphatic rings. The second kappa shape index (κ2) is 6.16. The van der Waals surface area contributed by atoms with Gasteiger partial charge >= 0.3 is 0 Å². The van der Waals surface area contributed by atoms with Crippen molar-refractivity contribution in [2.24, 2.45) is 11.8 Å². The van der Waals surface area contributed by atoms with Crippen LogP contribution in [0.3, 0.4) is 0 Å². The number of piperidine rings is 1. The number of hydrogen-bond donors (Lipinski definition) is 1. The Morgan fingerprint density at radius 3 is 2.53 bits per heavy atom. The van der Waals surface area contributed by atoms with Crippen LogP contribution in [0.15, 0.2) is 0 Å². The van der Waals surface area contributed by atoms with E-state index in [2.05, 4.69) is 19.2 Å². The Morgan fingerprint density at radius 2 is 2.06 bits per heavy atom. The van der Waals surface area contributed by atoms with Gasteiger partial charge in [-0.2, -0.15) is 0 Å². The summed E-state index contributed by atoms with van der Waals surface area (Å²) in [5.41, 5.74) is 0. The van der Waals surface area contributed by atoms with Gasteiger partial charge in [0.25, 0.3) is 0 Å². The molecule has 0 aliphatic carbocycles. The largest absolute Gasteiger partial charge is 0.317 e. The van der Waals surface area contributed by atoms with Gasteiger partial charge in [0.05, 0.1) is 6.26 Å². The van der Waals surface area contributed by atoms with E-state index in [0.29, 0.717) is 31.0 Å². The first kappa shape index (κ1) is 14.9. The average molecular weight is 262 g/mol. The zero-order chi connectivity index (χ0) is 13.1. The fraction of sp³-hybridized carbons (Fsp3) is 1.00. The maximum atomic E-state index is 11.5. The van der Waals surface area contributed by atoms with Gasteiger partial charge in [0.15, 0.2) is 0 Å². The van der Waals surface area contributed by atoms with Crippen molar-refractivity contribution in [3.05, 3.63) is 0 Å². The van der Waals surface area contributed by atoms with Crippen LogP contribution >= 0.6 is 0 Å². The van der Waals surface area contributed by atoms with Gasteiger partial charge in [0.2, 0.25) is 10.0 Å². The first-order chi connectivity index (χ1) is 7.84. The van der Waals surface area contributed by atoms with Gasteiger partial charge < -0.3 is 5.32 Å². The summed E-state index contributed by atoms with van der Waals surface area (Å²) in [4.78, 5) is 0.